The van der Waals surface area contributed by atoms with Crippen molar-refractivity contribution < 1.29 is 13.2 Å². The van der Waals surface area contributed by atoms with E-state index in [-0.39, 0.29) is 5.75 Å². The van der Waals surface area contributed by atoms with Gasteiger partial charge in [-0.05, 0) is 6.92 Å². The second kappa shape index (κ2) is 8.85. The van der Waals surface area contributed by atoms with Crippen LogP contribution in [0.5, 0.6) is 0 Å². The summed E-state index contributed by atoms with van der Waals surface area (Å²) in [6.07, 6.45) is 0. The molecule has 0 saturated heterocycles. The van der Waals surface area contributed by atoms with Crippen molar-refractivity contribution in [3.63, 3.8) is 0 Å². The number of sulfonamides is 1. The molecule has 0 aromatic rings. The third-order valence-electron chi connectivity index (χ3n) is 2.35. The van der Waals surface area contributed by atoms with Gasteiger partial charge in [-0.15, -0.1) is 0 Å². The molecular formula is C11H26N2O3S. The number of ether oxygens (including phenoxy) is 1. The van der Waals surface area contributed by atoms with Gasteiger partial charge >= 0.3 is 0 Å². The lowest BCUT2D eigenvalue weighted by molar-refractivity contribution is 0.135. The summed E-state index contributed by atoms with van der Waals surface area (Å²) in [5, 5.41) is 3.11. The lowest BCUT2D eigenvalue weighted by Gasteiger charge is -2.20. The SMILES string of the molecule is CCOCCN(CC)S(=O)(=O)CCNC(C)C. The summed E-state index contributed by atoms with van der Waals surface area (Å²) >= 11 is 0. The van der Waals surface area contributed by atoms with Gasteiger partial charge in [0.15, 0.2) is 0 Å². The Morgan fingerprint density at radius 3 is 2.41 bits per heavy atom. The monoisotopic (exact) mass is 266 g/mol. The molecule has 0 aliphatic carbocycles. The normalized spacial score (nSPS) is 12.6. The topological polar surface area (TPSA) is 58.6 Å². The van der Waals surface area contributed by atoms with E-state index in [2.05, 4.69) is 5.32 Å². The number of rotatable bonds is 10. The van der Waals surface area contributed by atoms with Crippen molar-refractivity contribution in [1.82, 2.24) is 9.62 Å². The minimum atomic E-state index is -3.16. The van der Waals surface area contributed by atoms with Crippen molar-refractivity contribution in [2.75, 3.05) is 38.6 Å². The minimum Gasteiger partial charge on any atom is -0.380 e. The average molecular weight is 266 g/mol. The molecule has 17 heavy (non-hydrogen) atoms. The smallest absolute Gasteiger partial charge is 0.215 e. The molecule has 0 saturated carbocycles. The van der Waals surface area contributed by atoms with E-state index in [1.165, 1.54) is 4.31 Å². The number of hydrogen-bond donors (Lipinski definition) is 1. The average Bonchev–Trinajstić information content (AvgIpc) is 2.23. The van der Waals surface area contributed by atoms with Crippen LogP contribution in [0.4, 0.5) is 0 Å². The van der Waals surface area contributed by atoms with E-state index in [4.69, 9.17) is 4.74 Å². The highest BCUT2D eigenvalue weighted by Crippen LogP contribution is 2.00. The lowest BCUT2D eigenvalue weighted by Crippen LogP contribution is -2.39. The van der Waals surface area contributed by atoms with E-state index >= 15 is 0 Å². The van der Waals surface area contributed by atoms with Crippen LogP contribution in [0, 0.1) is 0 Å². The maximum atomic E-state index is 12.0. The highest BCUT2D eigenvalue weighted by Gasteiger charge is 2.19. The lowest BCUT2D eigenvalue weighted by atomic mass is 10.4. The molecule has 104 valence electrons. The van der Waals surface area contributed by atoms with Gasteiger partial charge in [0.2, 0.25) is 10.0 Å². The van der Waals surface area contributed by atoms with Gasteiger partial charge in [-0.1, -0.05) is 20.8 Å². The number of likely N-dealkylation sites (N-methyl/N-ethyl adjacent to an activating group) is 1. The molecule has 0 atom stereocenters. The van der Waals surface area contributed by atoms with Crippen LogP contribution < -0.4 is 5.32 Å². The van der Waals surface area contributed by atoms with E-state index < -0.39 is 10.0 Å². The van der Waals surface area contributed by atoms with Crippen LogP contribution in [0.25, 0.3) is 0 Å². The Bertz CT molecular complexity index is 278. The molecule has 6 heteroatoms. The molecule has 0 rings (SSSR count). The molecule has 0 aliphatic rings. The predicted octanol–water partition coefficient (Wildman–Crippen LogP) is 0.673. The third-order valence-corrected chi connectivity index (χ3v) is 4.30. The van der Waals surface area contributed by atoms with Gasteiger partial charge in [0, 0.05) is 32.3 Å². The van der Waals surface area contributed by atoms with E-state index in [0.29, 0.717) is 38.9 Å². The third kappa shape index (κ3) is 7.70. The minimum absolute atomic E-state index is 0.144. The molecule has 1 N–H and O–H groups in total. The Hall–Kier alpha value is -0.170. The van der Waals surface area contributed by atoms with Crippen LogP contribution in [-0.4, -0.2) is 57.4 Å². The zero-order valence-electron chi connectivity index (χ0n) is 11.4. The fourth-order valence-electron chi connectivity index (χ4n) is 1.41. The van der Waals surface area contributed by atoms with Crippen molar-refractivity contribution in [1.29, 1.82) is 0 Å². The molecule has 0 heterocycles. The van der Waals surface area contributed by atoms with Crippen molar-refractivity contribution >= 4 is 10.0 Å². The summed E-state index contributed by atoms with van der Waals surface area (Å²) < 4.78 is 30.6. The molecule has 0 aromatic heterocycles. The van der Waals surface area contributed by atoms with Gasteiger partial charge in [0.05, 0.1) is 12.4 Å². The number of nitrogens with one attached hydrogen (secondary N) is 1. The largest absolute Gasteiger partial charge is 0.380 e. The first kappa shape index (κ1) is 16.8. The molecule has 0 fully saturated rings. The second-order valence-corrected chi connectivity index (χ2v) is 6.20. The molecule has 0 aromatic carbocycles. The van der Waals surface area contributed by atoms with E-state index in [0.717, 1.165) is 0 Å². The maximum absolute atomic E-state index is 12.0. The molecule has 0 aliphatic heterocycles. The summed E-state index contributed by atoms with van der Waals surface area (Å²) in [5.41, 5.74) is 0. The summed E-state index contributed by atoms with van der Waals surface area (Å²) in [4.78, 5) is 0. The van der Waals surface area contributed by atoms with Crippen molar-refractivity contribution in [2.24, 2.45) is 0 Å². The fourth-order valence-corrected chi connectivity index (χ4v) is 2.79. The molecule has 5 nitrogen and oxygen atoms in total. The first-order chi connectivity index (χ1) is 7.94. The van der Waals surface area contributed by atoms with Gasteiger partial charge < -0.3 is 10.1 Å². The second-order valence-electron chi connectivity index (χ2n) is 4.11. The Balaban J connectivity index is 4.13. The Kier molecular flexibility index (Phi) is 8.77. The maximum Gasteiger partial charge on any atom is 0.215 e. The highest BCUT2D eigenvalue weighted by molar-refractivity contribution is 7.89. The quantitative estimate of drug-likeness (QED) is 0.591. The summed E-state index contributed by atoms with van der Waals surface area (Å²) in [6.45, 7) is 10.2. The van der Waals surface area contributed by atoms with Gasteiger partial charge in [-0.3, -0.25) is 0 Å². The van der Waals surface area contributed by atoms with E-state index in [1.54, 1.807) is 0 Å². The number of nitrogens with zero attached hydrogens (tertiary/aromatic N) is 1. The fraction of sp³-hybridized carbons (Fsp3) is 1.00. The Labute approximate surface area is 106 Å². The molecule has 0 bridgehead atoms. The van der Waals surface area contributed by atoms with Gasteiger partial charge in [-0.2, -0.15) is 4.31 Å². The summed E-state index contributed by atoms with van der Waals surface area (Å²) in [5.74, 6) is 0.144. The number of hydrogen-bond acceptors (Lipinski definition) is 4. The van der Waals surface area contributed by atoms with Gasteiger partial charge in [-0.25, -0.2) is 8.42 Å². The van der Waals surface area contributed by atoms with Crippen LogP contribution in [0.2, 0.25) is 0 Å². The summed E-state index contributed by atoms with van der Waals surface area (Å²) in [6, 6.07) is 0.309. The van der Waals surface area contributed by atoms with Gasteiger partial charge in [0.25, 0.3) is 0 Å². The van der Waals surface area contributed by atoms with Crippen molar-refractivity contribution in [2.45, 2.75) is 33.7 Å². The van der Waals surface area contributed by atoms with E-state index in [9.17, 15) is 8.42 Å². The first-order valence-electron chi connectivity index (χ1n) is 6.23. The molecular weight excluding hydrogens is 240 g/mol. The van der Waals surface area contributed by atoms with Crippen molar-refractivity contribution in [3.05, 3.63) is 0 Å². The Morgan fingerprint density at radius 1 is 1.29 bits per heavy atom. The zero-order chi connectivity index (χ0) is 13.3. The molecule has 0 amide bonds. The zero-order valence-corrected chi connectivity index (χ0v) is 12.2. The van der Waals surface area contributed by atoms with Crippen LogP contribution in [-0.2, 0) is 14.8 Å². The van der Waals surface area contributed by atoms with Crippen LogP contribution in [0.1, 0.15) is 27.7 Å². The first-order valence-corrected chi connectivity index (χ1v) is 7.83. The van der Waals surface area contributed by atoms with E-state index in [1.807, 2.05) is 27.7 Å². The molecule has 0 unspecified atom stereocenters. The molecule has 0 radical (unpaired) electrons. The van der Waals surface area contributed by atoms with Crippen molar-refractivity contribution in [3.8, 4) is 0 Å². The summed E-state index contributed by atoms with van der Waals surface area (Å²) in [7, 11) is -3.16. The van der Waals surface area contributed by atoms with Crippen LogP contribution >= 0.6 is 0 Å². The Morgan fingerprint density at radius 2 is 1.94 bits per heavy atom. The van der Waals surface area contributed by atoms with Crippen LogP contribution in [0.3, 0.4) is 0 Å². The van der Waals surface area contributed by atoms with Crippen LogP contribution in [0.15, 0.2) is 0 Å². The molecule has 0 spiro atoms. The standard InChI is InChI=1S/C11H26N2O3S/c1-5-13(8-9-16-6-2)17(14,15)10-7-12-11(3)4/h11-12H,5-10H2,1-4H3. The van der Waals surface area contributed by atoms with Gasteiger partial charge in [0.1, 0.15) is 0 Å². The predicted molar refractivity (Wildman–Crippen MR) is 70.7 cm³/mol. The highest BCUT2D eigenvalue weighted by atomic mass is 32.2.